The number of methoxy groups -OCH3 is 1. The number of halogens is 1. The van der Waals surface area contributed by atoms with Crippen LogP contribution in [-0.4, -0.2) is 31.0 Å². The molecule has 0 N–H and O–H groups in total. The first kappa shape index (κ1) is 16.7. The third-order valence-electron chi connectivity index (χ3n) is 4.10. The van der Waals surface area contributed by atoms with E-state index in [0.29, 0.717) is 28.7 Å². The molecule has 1 amide bonds. The fraction of sp³-hybridized carbons (Fsp3) is 0.316. The zero-order valence-corrected chi connectivity index (χ0v) is 14.4. The molecule has 1 aliphatic heterocycles. The third kappa shape index (κ3) is 3.65. The number of nitrogens with zero attached hydrogens (tertiary/aromatic N) is 1. The minimum Gasteiger partial charge on any atom is -0.493 e. The summed E-state index contributed by atoms with van der Waals surface area (Å²) in [5.41, 5.74) is 1.57. The van der Waals surface area contributed by atoms with Crippen LogP contribution in [0, 0.1) is 0 Å². The number of hydrogen-bond donors (Lipinski definition) is 0. The zero-order valence-electron chi connectivity index (χ0n) is 13.6. The molecule has 2 aromatic carbocycles. The summed E-state index contributed by atoms with van der Waals surface area (Å²) in [6, 6.07) is 13.2. The van der Waals surface area contributed by atoms with Crippen LogP contribution in [0.1, 0.15) is 28.8 Å². The van der Waals surface area contributed by atoms with Crippen molar-refractivity contribution in [2.75, 3.05) is 20.2 Å². The van der Waals surface area contributed by atoms with Gasteiger partial charge < -0.3 is 14.4 Å². The fourth-order valence-electron chi connectivity index (χ4n) is 2.82. The molecule has 0 atom stereocenters. The molecule has 0 bridgehead atoms. The second-order valence-corrected chi connectivity index (χ2v) is 6.17. The maximum atomic E-state index is 12.5. The van der Waals surface area contributed by atoms with Crippen molar-refractivity contribution < 1.29 is 14.3 Å². The van der Waals surface area contributed by atoms with Gasteiger partial charge in [0.05, 0.1) is 12.1 Å². The van der Waals surface area contributed by atoms with E-state index in [0.717, 1.165) is 31.5 Å². The Morgan fingerprint density at radius 3 is 2.54 bits per heavy atom. The van der Waals surface area contributed by atoms with E-state index < -0.39 is 0 Å². The summed E-state index contributed by atoms with van der Waals surface area (Å²) in [6.07, 6.45) is 2.10. The predicted molar refractivity (Wildman–Crippen MR) is 93.9 cm³/mol. The van der Waals surface area contributed by atoms with Crippen molar-refractivity contribution in [1.82, 2.24) is 4.90 Å². The van der Waals surface area contributed by atoms with Gasteiger partial charge in [0.1, 0.15) is 6.61 Å². The van der Waals surface area contributed by atoms with Gasteiger partial charge in [0.2, 0.25) is 0 Å². The summed E-state index contributed by atoms with van der Waals surface area (Å²) in [5, 5.41) is 0.382. The van der Waals surface area contributed by atoms with Crippen LogP contribution in [0.3, 0.4) is 0 Å². The summed E-state index contributed by atoms with van der Waals surface area (Å²) in [4.78, 5) is 14.4. The highest BCUT2D eigenvalue weighted by Gasteiger charge is 2.22. The Balaban J connectivity index is 1.81. The van der Waals surface area contributed by atoms with Crippen molar-refractivity contribution in [2.24, 2.45) is 0 Å². The van der Waals surface area contributed by atoms with Gasteiger partial charge in [-0.25, -0.2) is 0 Å². The van der Waals surface area contributed by atoms with Crippen molar-refractivity contribution in [3.8, 4) is 11.5 Å². The van der Waals surface area contributed by atoms with Crippen LogP contribution in [0.25, 0.3) is 0 Å². The molecule has 5 heteroatoms. The lowest BCUT2D eigenvalue weighted by molar-refractivity contribution is 0.0792. The van der Waals surface area contributed by atoms with E-state index >= 15 is 0 Å². The number of amides is 1. The first-order valence-electron chi connectivity index (χ1n) is 8.02. The van der Waals surface area contributed by atoms with E-state index in [1.165, 1.54) is 0 Å². The topological polar surface area (TPSA) is 38.8 Å². The first-order chi connectivity index (χ1) is 11.7. The van der Waals surface area contributed by atoms with Crippen molar-refractivity contribution >= 4 is 17.5 Å². The van der Waals surface area contributed by atoms with Crippen molar-refractivity contribution in [3.63, 3.8) is 0 Å². The molecule has 0 aliphatic carbocycles. The van der Waals surface area contributed by atoms with E-state index in [2.05, 4.69) is 0 Å². The molecule has 0 aromatic heterocycles. The van der Waals surface area contributed by atoms with Crippen LogP contribution in [-0.2, 0) is 6.61 Å². The quantitative estimate of drug-likeness (QED) is 0.816. The summed E-state index contributed by atoms with van der Waals surface area (Å²) in [6.45, 7) is 1.98. The van der Waals surface area contributed by atoms with Crippen LogP contribution in [0.5, 0.6) is 11.5 Å². The Bertz CT molecular complexity index is 712. The van der Waals surface area contributed by atoms with E-state index in [1.807, 2.05) is 35.2 Å². The monoisotopic (exact) mass is 345 g/mol. The molecule has 1 fully saturated rings. The SMILES string of the molecule is COc1cc(C(=O)N2CCCC2)cc(Cl)c1OCc1ccccc1. The Labute approximate surface area is 146 Å². The number of ether oxygens (including phenoxy) is 2. The highest BCUT2D eigenvalue weighted by atomic mass is 35.5. The lowest BCUT2D eigenvalue weighted by Gasteiger charge is -2.18. The van der Waals surface area contributed by atoms with Gasteiger partial charge in [-0.1, -0.05) is 41.9 Å². The average Bonchev–Trinajstić information content (AvgIpc) is 3.15. The normalized spacial score (nSPS) is 13.8. The molecule has 24 heavy (non-hydrogen) atoms. The third-order valence-corrected chi connectivity index (χ3v) is 4.38. The molecule has 0 unspecified atom stereocenters. The van der Waals surface area contributed by atoms with Gasteiger partial charge in [-0.05, 0) is 30.5 Å². The lowest BCUT2D eigenvalue weighted by atomic mass is 10.1. The molecule has 126 valence electrons. The van der Waals surface area contributed by atoms with Gasteiger partial charge in [-0.2, -0.15) is 0 Å². The first-order valence-corrected chi connectivity index (χ1v) is 8.40. The molecule has 0 saturated carbocycles. The van der Waals surface area contributed by atoms with E-state index in [9.17, 15) is 4.79 Å². The van der Waals surface area contributed by atoms with Gasteiger partial charge in [-0.3, -0.25) is 4.79 Å². The van der Waals surface area contributed by atoms with Crippen LogP contribution in [0.15, 0.2) is 42.5 Å². The second-order valence-electron chi connectivity index (χ2n) is 5.76. The maximum absolute atomic E-state index is 12.5. The molecule has 1 heterocycles. The minimum atomic E-state index is -0.0118. The van der Waals surface area contributed by atoms with Crippen molar-refractivity contribution in [2.45, 2.75) is 19.4 Å². The van der Waals surface area contributed by atoms with Crippen LogP contribution >= 0.6 is 11.6 Å². The molecule has 4 nitrogen and oxygen atoms in total. The number of hydrogen-bond acceptors (Lipinski definition) is 3. The molecule has 0 spiro atoms. The largest absolute Gasteiger partial charge is 0.493 e. The summed E-state index contributed by atoms with van der Waals surface area (Å²) in [5.74, 6) is 0.921. The molecular weight excluding hydrogens is 326 g/mol. The molecule has 2 aromatic rings. The Kier molecular flexibility index (Phi) is 5.26. The van der Waals surface area contributed by atoms with E-state index in [1.54, 1.807) is 19.2 Å². The van der Waals surface area contributed by atoms with Gasteiger partial charge in [0, 0.05) is 18.7 Å². The Morgan fingerprint density at radius 2 is 1.88 bits per heavy atom. The summed E-state index contributed by atoms with van der Waals surface area (Å²) < 4.78 is 11.2. The summed E-state index contributed by atoms with van der Waals surface area (Å²) >= 11 is 6.35. The number of carbonyl (C=O) groups excluding carboxylic acids is 1. The van der Waals surface area contributed by atoms with Crippen molar-refractivity contribution in [1.29, 1.82) is 0 Å². The molecule has 3 rings (SSSR count). The predicted octanol–water partition coefficient (Wildman–Crippen LogP) is 4.16. The van der Waals surface area contributed by atoms with E-state index in [-0.39, 0.29) is 5.91 Å². The van der Waals surface area contributed by atoms with Gasteiger partial charge in [0.25, 0.3) is 5.91 Å². The van der Waals surface area contributed by atoms with Gasteiger partial charge in [0.15, 0.2) is 11.5 Å². The second kappa shape index (κ2) is 7.58. The van der Waals surface area contributed by atoms with Gasteiger partial charge in [-0.15, -0.1) is 0 Å². The van der Waals surface area contributed by atoms with Crippen LogP contribution < -0.4 is 9.47 Å². The smallest absolute Gasteiger partial charge is 0.254 e. The standard InChI is InChI=1S/C19H20ClNO3/c1-23-17-12-15(19(22)21-9-5-6-10-21)11-16(20)18(17)24-13-14-7-3-2-4-8-14/h2-4,7-8,11-12H,5-6,9-10,13H2,1H3. The minimum absolute atomic E-state index is 0.0118. The highest BCUT2D eigenvalue weighted by molar-refractivity contribution is 6.32. The number of likely N-dealkylation sites (tertiary alicyclic amines) is 1. The maximum Gasteiger partial charge on any atom is 0.254 e. The number of benzene rings is 2. The number of rotatable bonds is 5. The lowest BCUT2D eigenvalue weighted by Crippen LogP contribution is -2.27. The van der Waals surface area contributed by atoms with Crippen LogP contribution in [0.2, 0.25) is 5.02 Å². The molecule has 1 aliphatic rings. The van der Waals surface area contributed by atoms with Crippen molar-refractivity contribution in [3.05, 3.63) is 58.6 Å². The Morgan fingerprint density at radius 1 is 1.17 bits per heavy atom. The fourth-order valence-corrected chi connectivity index (χ4v) is 3.08. The van der Waals surface area contributed by atoms with Crippen LogP contribution in [0.4, 0.5) is 0 Å². The zero-order chi connectivity index (χ0) is 16.9. The average molecular weight is 346 g/mol. The Hall–Kier alpha value is -2.20. The molecular formula is C19H20ClNO3. The van der Waals surface area contributed by atoms with Gasteiger partial charge >= 0.3 is 0 Å². The molecule has 1 saturated heterocycles. The number of carbonyl (C=O) groups is 1. The summed E-state index contributed by atoms with van der Waals surface area (Å²) in [7, 11) is 1.55. The highest BCUT2D eigenvalue weighted by Crippen LogP contribution is 2.37. The van der Waals surface area contributed by atoms with E-state index in [4.69, 9.17) is 21.1 Å². The molecule has 0 radical (unpaired) electrons.